The van der Waals surface area contributed by atoms with Crippen LogP contribution in [0.1, 0.15) is 37.8 Å². The Morgan fingerprint density at radius 1 is 1.11 bits per heavy atom. The summed E-state index contributed by atoms with van der Waals surface area (Å²) < 4.78 is 0. The lowest BCUT2D eigenvalue weighted by Gasteiger charge is -2.26. The quantitative estimate of drug-likeness (QED) is 0.794. The SMILES string of the molecule is CCCNC(CC)CN(C)c1cc(C)cc(C)c1. The summed E-state index contributed by atoms with van der Waals surface area (Å²) in [6, 6.07) is 7.33. The molecule has 0 saturated heterocycles. The van der Waals surface area contributed by atoms with Crippen LogP contribution in [0.2, 0.25) is 0 Å². The Morgan fingerprint density at radius 2 is 1.72 bits per heavy atom. The highest BCUT2D eigenvalue weighted by molar-refractivity contribution is 5.50. The molecule has 0 fully saturated rings. The number of aryl methyl sites for hydroxylation is 2. The van der Waals surface area contributed by atoms with E-state index in [1.165, 1.54) is 29.7 Å². The molecule has 0 bridgehead atoms. The molecule has 2 nitrogen and oxygen atoms in total. The van der Waals surface area contributed by atoms with Crippen molar-refractivity contribution in [1.82, 2.24) is 5.32 Å². The summed E-state index contributed by atoms with van der Waals surface area (Å²) in [6.45, 7) is 11.0. The molecule has 1 aromatic rings. The Kier molecular flexibility index (Phi) is 6.20. The standard InChI is InChI=1S/C16H28N2/c1-6-8-17-15(7-2)12-18(5)16-10-13(3)9-14(4)11-16/h9-11,15,17H,6-8,12H2,1-5H3. The molecule has 1 unspecified atom stereocenters. The molecule has 102 valence electrons. The third-order valence-electron chi connectivity index (χ3n) is 3.32. The molecule has 1 aromatic carbocycles. The van der Waals surface area contributed by atoms with E-state index >= 15 is 0 Å². The maximum atomic E-state index is 3.61. The van der Waals surface area contributed by atoms with Gasteiger partial charge in [-0.1, -0.05) is 19.9 Å². The van der Waals surface area contributed by atoms with Crippen molar-refractivity contribution in [2.45, 2.75) is 46.6 Å². The van der Waals surface area contributed by atoms with Crippen molar-refractivity contribution < 1.29 is 0 Å². The number of nitrogens with one attached hydrogen (secondary N) is 1. The Labute approximate surface area is 112 Å². The monoisotopic (exact) mass is 248 g/mol. The molecule has 0 aliphatic rings. The molecule has 0 heterocycles. The topological polar surface area (TPSA) is 15.3 Å². The van der Waals surface area contributed by atoms with Crippen LogP contribution in [0.5, 0.6) is 0 Å². The van der Waals surface area contributed by atoms with Gasteiger partial charge in [0.1, 0.15) is 0 Å². The summed E-state index contributed by atoms with van der Waals surface area (Å²) in [5, 5.41) is 3.61. The van der Waals surface area contributed by atoms with Crippen LogP contribution >= 0.6 is 0 Å². The third kappa shape index (κ3) is 4.69. The molecule has 0 radical (unpaired) electrons. The zero-order valence-electron chi connectivity index (χ0n) is 12.6. The van der Waals surface area contributed by atoms with Crippen LogP contribution in [-0.4, -0.2) is 26.2 Å². The van der Waals surface area contributed by atoms with Gasteiger partial charge < -0.3 is 10.2 Å². The lowest BCUT2D eigenvalue weighted by atomic mass is 10.1. The molecule has 18 heavy (non-hydrogen) atoms. The first kappa shape index (κ1) is 15.0. The van der Waals surface area contributed by atoms with Crippen molar-refractivity contribution >= 4 is 5.69 Å². The smallest absolute Gasteiger partial charge is 0.0369 e. The van der Waals surface area contributed by atoms with E-state index in [1.807, 2.05) is 0 Å². The van der Waals surface area contributed by atoms with E-state index in [9.17, 15) is 0 Å². The zero-order chi connectivity index (χ0) is 13.5. The van der Waals surface area contributed by atoms with E-state index in [4.69, 9.17) is 0 Å². The van der Waals surface area contributed by atoms with Gasteiger partial charge in [-0.3, -0.25) is 0 Å². The van der Waals surface area contributed by atoms with Crippen LogP contribution in [0.3, 0.4) is 0 Å². The second kappa shape index (κ2) is 7.42. The second-order valence-corrected chi connectivity index (χ2v) is 5.29. The summed E-state index contributed by atoms with van der Waals surface area (Å²) in [5.74, 6) is 0. The van der Waals surface area contributed by atoms with Crippen LogP contribution in [0.25, 0.3) is 0 Å². The van der Waals surface area contributed by atoms with Crippen molar-refractivity contribution in [3.63, 3.8) is 0 Å². The van der Waals surface area contributed by atoms with E-state index in [0.717, 1.165) is 13.1 Å². The Balaban J connectivity index is 2.65. The zero-order valence-corrected chi connectivity index (χ0v) is 12.6. The summed E-state index contributed by atoms with van der Waals surface area (Å²) in [5.41, 5.74) is 4.00. The van der Waals surface area contributed by atoms with Gasteiger partial charge in [0.25, 0.3) is 0 Å². The molecule has 0 spiro atoms. The molecule has 2 heteroatoms. The lowest BCUT2D eigenvalue weighted by molar-refractivity contribution is 0.497. The number of benzene rings is 1. The normalized spacial score (nSPS) is 12.5. The van der Waals surface area contributed by atoms with Gasteiger partial charge in [0.05, 0.1) is 0 Å². The first-order valence-corrected chi connectivity index (χ1v) is 7.09. The first-order valence-electron chi connectivity index (χ1n) is 7.09. The maximum Gasteiger partial charge on any atom is 0.0369 e. The van der Waals surface area contributed by atoms with E-state index < -0.39 is 0 Å². The van der Waals surface area contributed by atoms with Crippen LogP contribution in [0.4, 0.5) is 5.69 Å². The van der Waals surface area contributed by atoms with Crippen LogP contribution in [0, 0.1) is 13.8 Å². The van der Waals surface area contributed by atoms with Crippen molar-refractivity contribution in [1.29, 1.82) is 0 Å². The average molecular weight is 248 g/mol. The van der Waals surface area contributed by atoms with Crippen molar-refractivity contribution in [2.75, 3.05) is 25.0 Å². The maximum absolute atomic E-state index is 3.61. The van der Waals surface area contributed by atoms with Gasteiger partial charge in [0, 0.05) is 25.3 Å². The molecular weight excluding hydrogens is 220 g/mol. The first-order chi connectivity index (χ1) is 8.56. The highest BCUT2D eigenvalue weighted by Crippen LogP contribution is 2.17. The predicted molar refractivity (Wildman–Crippen MR) is 81.6 cm³/mol. The lowest BCUT2D eigenvalue weighted by Crippen LogP contribution is -2.39. The van der Waals surface area contributed by atoms with Crippen molar-refractivity contribution in [3.8, 4) is 0 Å². The van der Waals surface area contributed by atoms with E-state index in [0.29, 0.717) is 6.04 Å². The van der Waals surface area contributed by atoms with Gasteiger partial charge in [0.2, 0.25) is 0 Å². The number of hydrogen-bond donors (Lipinski definition) is 1. The van der Waals surface area contributed by atoms with Crippen molar-refractivity contribution in [2.24, 2.45) is 0 Å². The molecule has 1 atom stereocenters. The number of rotatable bonds is 7. The number of nitrogens with zero attached hydrogens (tertiary/aromatic N) is 1. The Bertz CT molecular complexity index is 340. The minimum Gasteiger partial charge on any atom is -0.373 e. The summed E-state index contributed by atoms with van der Waals surface area (Å²) in [4.78, 5) is 2.36. The average Bonchev–Trinajstić information content (AvgIpc) is 2.32. The van der Waals surface area contributed by atoms with Crippen LogP contribution in [0.15, 0.2) is 18.2 Å². The number of anilines is 1. The molecule has 0 aliphatic carbocycles. The fourth-order valence-electron chi connectivity index (χ4n) is 2.29. The van der Waals surface area contributed by atoms with Gasteiger partial charge in [-0.15, -0.1) is 0 Å². The van der Waals surface area contributed by atoms with Crippen molar-refractivity contribution in [3.05, 3.63) is 29.3 Å². The highest BCUT2D eigenvalue weighted by atomic mass is 15.1. The van der Waals surface area contributed by atoms with E-state index in [-0.39, 0.29) is 0 Å². The van der Waals surface area contributed by atoms with Gasteiger partial charge in [-0.05, 0) is 56.5 Å². The summed E-state index contributed by atoms with van der Waals surface area (Å²) in [6.07, 6.45) is 2.37. The molecular formula is C16H28N2. The minimum atomic E-state index is 0.579. The van der Waals surface area contributed by atoms with Gasteiger partial charge in [-0.2, -0.15) is 0 Å². The molecule has 0 aliphatic heterocycles. The summed E-state index contributed by atoms with van der Waals surface area (Å²) >= 11 is 0. The third-order valence-corrected chi connectivity index (χ3v) is 3.32. The van der Waals surface area contributed by atoms with E-state index in [2.05, 4.69) is 63.2 Å². The largest absolute Gasteiger partial charge is 0.373 e. The minimum absolute atomic E-state index is 0.579. The molecule has 0 amide bonds. The molecule has 0 saturated carbocycles. The molecule has 0 aromatic heterocycles. The fourth-order valence-corrected chi connectivity index (χ4v) is 2.29. The fraction of sp³-hybridized carbons (Fsp3) is 0.625. The Morgan fingerprint density at radius 3 is 2.22 bits per heavy atom. The van der Waals surface area contributed by atoms with Gasteiger partial charge >= 0.3 is 0 Å². The molecule has 1 N–H and O–H groups in total. The van der Waals surface area contributed by atoms with E-state index in [1.54, 1.807) is 0 Å². The van der Waals surface area contributed by atoms with Gasteiger partial charge in [0.15, 0.2) is 0 Å². The Hall–Kier alpha value is -1.02. The number of likely N-dealkylation sites (N-methyl/N-ethyl adjacent to an activating group) is 1. The molecule has 1 rings (SSSR count). The van der Waals surface area contributed by atoms with Gasteiger partial charge in [-0.25, -0.2) is 0 Å². The summed E-state index contributed by atoms with van der Waals surface area (Å²) in [7, 11) is 2.19. The highest BCUT2D eigenvalue weighted by Gasteiger charge is 2.09. The number of hydrogen-bond acceptors (Lipinski definition) is 2. The van der Waals surface area contributed by atoms with Crippen LogP contribution < -0.4 is 10.2 Å². The predicted octanol–water partition coefficient (Wildman–Crippen LogP) is 3.52. The van der Waals surface area contributed by atoms with Crippen LogP contribution in [-0.2, 0) is 0 Å². The second-order valence-electron chi connectivity index (χ2n) is 5.29.